The summed E-state index contributed by atoms with van der Waals surface area (Å²) in [4.78, 5) is 0.294. The van der Waals surface area contributed by atoms with Crippen molar-refractivity contribution in [2.24, 2.45) is 0 Å². The van der Waals surface area contributed by atoms with E-state index in [9.17, 15) is 13.5 Å². The Morgan fingerprint density at radius 3 is 2.39 bits per heavy atom. The molecule has 0 radical (unpaired) electrons. The van der Waals surface area contributed by atoms with Crippen molar-refractivity contribution in [2.45, 2.75) is 44.2 Å². The first-order chi connectivity index (χ1) is 8.46. The molecule has 0 amide bonds. The maximum atomic E-state index is 12.4. The maximum Gasteiger partial charge on any atom is 0.244 e. The van der Waals surface area contributed by atoms with Crippen LogP contribution in [0.3, 0.4) is 0 Å². The van der Waals surface area contributed by atoms with Crippen LogP contribution in [-0.4, -0.2) is 35.5 Å². The molecule has 1 N–H and O–H groups in total. The highest BCUT2D eigenvalue weighted by atomic mass is 32.2. The van der Waals surface area contributed by atoms with E-state index in [1.165, 1.54) is 4.31 Å². The number of aliphatic hydroxyl groups is 1. The molecule has 102 valence electrons. The molecule has 2 heterocycles. The Labute approximate surface area is 108 Å². The largest absolute Gasteiger partial charge is 0.390 e. The molecule has 1 aromatic heterocycles. The zero-order valence-electron chi connectivity index (χ0n) is 10.8. The molecule has 1 fully saturated rings. The fraction of sp³-hybridized carbons (Fsp3) is 0.667. The third kappa shape index (κ3) is 2.32. The topological polar surface area (TPSA) is 62.5 Å². The van der Waals surface area contributed by atoms with Crippen molar-refractivity contribution in [1.82, 2.24) is 8.87 Å². The highest BCUT2D eigenvalue weighted by Gasteiger charge is 2.28. The van der Waals surface area contributed by atoms with Gasteiger partial charge in [0.25, 0.3) is 0 Å². The summed E-state index contributed by atoms with van der Waals surface area (Å²) in [5.74, 6) is 0. The van der Waals surface area contributed by atoms with Crippen molar-refractivity contribution in [3.63, 3.8) is 0 Å². The second kappa shape index (κ2) is 5.03. The molecular formula is C12H20N2O3S. The Balaban J connectivity index is 2.38. The van der Waals surface area contributed by atoms with Crippen molar-refractivity contribution < 1.29 is 13.5 Å². The van der Waals surface area contributed by atoms with Crippen molar-refractivity contribution >= 4 is 10.0 Å². The van der Waals surface area contributed by atoms with Gasteiger partial charge in [0.15, 0.2) is 0 Å². The molecule has 0 saturated carbocycles. The van der Waals surface area contributed by atoms with Crippen LogP contribution in [0.5, 0.6) is 0 Å². The van der Waals surface area contributed by atoms with Gasteiger partial charge in [0.2, 0.25) is 10.0 Å². The average molecular weight is 272 g/mol. The smallest absolute Gasteiger partial charge is 0.244 e. The van der Waals surface area contributed by atoms with Gasteiger partial charge >= 0.3 is 0 Å². The molecule has 6 heteroatoms. The molecule has 0 spiro atoms. The Hall–Kier alpha value is -0.850. The van der Waals surface area contributed by atoms with Gasteiger partial charge in [0.05, 0.1) is 6.61 Å². The van der Waals surface area contributed by atoms with E-state index in [1.54, 1.807) is 12.3 Å². The first-order valence-electron chi connectivity index (χ1n) is 6.28. The van der Waals surface area contributed by atoms with E-state index in [4.69, 9.17) is 0 Å². The van der Waals surface area contributed by atoms with E-state index in [1.807, 2.05) is 18.4 Å². The lowest BCUT2D eigenvalue weighted by Crippen LogP contribution is -2.27. The van der Waals surface area contributed by atoms with Crippen LogP contribution in [0.4, 0.5) is 0 Å². The lowest BCUT2D eigenvalue weighted by Gasteiger charge is -2.14. The van der Waals surface area contributed by atoms with E-state index < -0.39 is 10.0 Å². The fourth-order valence-corrected chi connectivity index (χ4v) is 3.89. The fourth-order valence-electron chi connectivity index (χ4n) is 2.32. The van der Waals surface area contributed by atoms with E-state index in [2.05, 4.69) is 0 Å². The lowest BCUT2D eigenvalue weighted by atomic mass is 10.3. The summed E-state index contributed by atoms with van der Waals surface area (Å²) in [6.45, 7) is 4.98. The quantitative estimate of drug-likeness (QED) is 0.900. The zero-order chi connectivity index (χ0) is 13.3. The molecule has 0 aromatic carbocycles. The molecular weight excluding hydrogens is 252 g/mol. The van der Waals surface area contributed by atoms with Gasteiger partial charge in [0.1, 0.15) is 4.90 Å². The highest BCUT2D eigenvalue weighted by Crippen LogP contribution is 2.24. The average Bonchev–Trinajstić information content (AvgIpc) is 2.98. The first-order valence-corrected chi connectivity index (χ1v) is 7.72. The standard InChI is InChI=1S/C12H20N2O3S/c1-10(2)14-8-12(7-11(14)9-15)18(16,17)13-5-3-4-6-13/h7-8,10,15H,3-6,9H2,1-2H3. The summed E-state index contributed by atoms with van der Waals surface area (Å²) in [6.07, 6.45) is 3.48. The minimum atomic E-state index is -3.38. The van der Waals surface area contributed by atoms with E-state index >= 15 is 0 Å². The van der Waals surface area contributed by atoms with Gasteiger partial charge < -0.3 is 9.67 Å². The Morgan fingerprint density at radius 2 is 1.94 bits per heavy atom. The van der Waals surface area contributed by atoms with Gasteiger partial charge in [-0.15, -0.1) is 0 Å². The van der Waals surface area contributed by atoms with Crippen molar-refractivity contribution in [2.75, 3.05) is 13.1 Å². The van der Waals surface area contributed by atoms with Crippen LogP contribution < -0.4 is 0 Å². The zero-order valence-corrected chi connectivity index (χ0v) is 11.7. The van der Waals surface area contributed by atoms with Crippen LogP contribution in [0.2, 0.25) is 0 Å². The monoisotopic (exact) mass is 272 g/mol. The van der Waals surface area contributed by atoms with Crippen LogP contribution >= 0.6 is 0 Å². The SMILES string of the molecule is CC(C)n1cc(S(=O)(=O)N2CCCC2)cc1CO. The van der Waals surface area contributed by atoms with Gasteiger partial charge in [-0.1, -0.05) is 0 Å². The number of hydrogen-bond donors (Lipinski definition) is 1. The van der Waals surface area contributed by atoms with Crippen LogP contribution in [0.15, 0.2) is 17.2 Å². The van der Waals surface area contributed by atoms with Crippen LogP contribution in [-0.2, 0) is 16.6 Å². The second-order valence-electron chi connectivity index (χ2n) is 4.94. The summed E-state index contributed by atoms with van der Waals surface area (Å²) in [7, 11) is -3.38. The number of aromatic nitrogens is 1. The first kappa shape index (κ1) is 13.6. The third-order valence-corrected chi connectivity index (χ3v) is 5.19. The van der Waals surface area contributed by atoms with E-state index in [0.717, 1.165) is 12.8 Å². The second-order valence-corrected chi connectivity index (χ2v) is 6.88. The lowest BCUT2D eigenvalue weighted by molar-refractivity contribution is 0.268. The molecule has 1 aromatic rings. The van der Waals surface area contributed by atoms with Gasteiger partial charge in [-0.2, -0.15) is 4.31 Å². The molecule has 2 rings (SSSR count). The number of rotatable bonds is 4. The maximum absolute atomic E-state index is 12.4. The van der Waals surface area contributed by atoms with Gasteiger partial charge in [0, 0.05) is 31.0 Å². The summed E-state index contributed by atoms with van der Waals surface area (Å²) < 4.78 is 28.1. The minimum Gasteiger partial charge on any atom is -0.390 e. The highest BCUT2D eigenvalue weighted by molar-refractivity contribution is 7.89. The molecule has 0 atom stereocenters. The summed E-state index contributed by atoms with van der Waals surface area (Å²) in [5, 5.41) is 9.28. The minimum absolute atomic E-state index is 0.134. The molecule has 0 unspecified atom stereocenters. The Kier molecular flexibility index (Phi) is 3.79. The van der Waals surface area contributed by atoms with Crippen LogP contribution in [0, 0.1) is 0 Å². The normalized spacial score (nSPS) is 17.8. The van der Waals surface area contributed by atoms with Crippen LogP contribution in [0.1, 0.15) is 38.4 Å². The van der Waals surface area contributed by atoms with Gasteiger partial charge in [-0.25, -0.2) is 8.42 Å². The van der Waals surface area contributed by atoms with E-state index in [-0.39, 0.29) is 12.6 Å². The summed E-state index contributed by atoms with van der Waals surface area (Å²) >= 11 is 0. The Bertz CT molecular complexity index is 513. The molecule has 5 nitrogen and oxygen atoms in total. The molecule has 1 saturated heterocycles. The van der Waals surface area contributed by atoms with Gasteiger partial charge in [-0.3, -0.25) is 0 Å². The molecule has 0 aliphatic carbocycles. The predicted octanol–water partition coefficient (Wildman–Crippen LogP) is 1.35. The number of hydrogen-bond acceptors (Lipinski definition) is 3. The summed E-state index contributed by atoms with van der Waals surface area (Å²) in [5.41, 5.74) is 0.641. The predicted molar refractivity (Wildman–Crippen MR) is 68.7 cm³/mol. The molecule has 18 heavy (non-hydrogen) atoms. The number of aliphatic hydroxyl groups excluding tert-OH is 1. The third-order valence-electron chi connectivity index (χ3n) is 3.33. The van der Waals surface area contributed by atoms with Gasteiger partial charge in [-0.05, 0) is 32.8 Å². The summed E-state index contributed by atoms with van der Waals surface area (Å²) in [6, 6.07) is 1.71. The Morgan fingerprint density at radius 1 is 1.33 bits per heavy atom. The van der Waals surface area contributed by atoms with Crippen molar-refractivity contribution in [1.29, 1.82) is 0 Å². The molecule has 1 aliphatic heterocycles. The molecule has 0 bridgehead atoms. The number of nitrogens with zero attached hydrogens (tertiary/aromatic N) is 2. The number of sulfonamides is 1. The molecule has 1 aliphatic rings. The van der Waals surface area contributed by atoms with Crippen molar-refractivity contribution in [3.05, 3.63) is 18.0 Å². The van der Waals surface area contributed by atoms with Crippen LogP contribution in [0.25, 0.3) is 0 Å². The van der Waals surface area contributed by atoms with E-state index in [0.29, 0.717) is 23.7 Å². The van der Waals surface area contributed by atoms with Crippen molar-refractivity contribution in [3.8, 4) is 0 Å².